The zero-order chi connectivity index (χ0) is 15.7. The highest BCUT2D eigenvalue weighted by Crippen LogP contribution is 2.34. The summed E-state index contributed by atoms with van der Waals surface area (Å²) in [6, 6.07) is 2.10. The van der Waals surface area contributed by atoms with Crippen LogP contribution in [0.3, 0.4) is 0 Å². The summed E-state index contributed by atoms with van der Waals surface area (Å²) in [7, 11) is 0. The van der Waals surface area contributed by atoms with Gasteiger partial charge in [0.25, 0.3) is 0 Å². The maximum atomic E-state index is 10.9. The zero-order valence-electron chi connectivity index (χ0n) is 11.8. The highest BCUT2D eigenvalue weighted by Gasteiger charge is 2.29. The first-order chi connectivity index (χ1) is 10.6. The Morgan fingerprint density at radius 2 is 2.41 bits per heavy atom. The van der Waals surface area contributed by atoms with Gasteiger partial charge in [0.2, 0.25) is 0 Å². The summed E-state index contributed by atoms with van der Waals surface area (Å²) in [6.45, 7) is 1.59. The molecule has 0 bridgehead atoms. The maximum absolute atomic E-state index is 10.9. The summed E-state index contributed by atoms with van der Waals surface area (Å²) in [5, 5.41) is 10.0. The number of carbonyl (C=O) groups excluding carboxylic acids is 1. The molecule has 3 heterocycles. The van der Waals surface area contributed by atoms with E-state index >= 15 is 0 Å². The molecular formula is C14H13ClN4O3. The SMILES string of the molecule is CC(=O)OC[C@@H]1CC[C@H](n2cc(C#N)c3c(Cl)ncnc32)O1. The molecule has 2 aromatic rings. The average Bonchev–Trinajstić information content (AvgIpc) is 3.09. The van der Waals surface area contributed by atoms with Crippen molar-refractivity contribution in [2.24, 2.45) is 0 Å². The smallest absolute Gasteiger partial charge is 0.302 e. The monoisotopic (exact) mass is 320 g/mol. The molecule has 0 radical (unpaired) electrons. The Labute approximate surface area is 131 Å². The van der Waals surface area contributed by atoms with Crippen molar-refractivity contribution >= 4 is 28.6 Å². The summed E-state index contributed by atoms with van der Waals surface area (Å²) in [5.74, 6) is -0.329. The number of nitrogens with zero attached hydrogens (tertiary/aromatic N) is 4. The number of halogens is 1. The van der Waals surface area contributed by atoms with E-state index in [0.717, 1.165) is 12.8 Å². The molecule has 7 nitrogen and oxygen atoms in total. The number of rotatable bonds is 3. The molecule has 3 rings (SSSR count). The number of nitriles is 1. The van der Waals surface area contributed by atoms with E-state index in [9.17, 15) is 10.1 Å². The molecule has 2 aromatic heterocycles. The van der Waals surface area contributed by atoms with Crippen molar-refractivity contribution in [3.63, 3.8) is 0 Å². The molecule has 0 spiro atoms. The molecule has 1 saturated heterocycles. The minimum atomic E-state index is -0.329. The van der Waals surface area contributed by atoms with Gasteiger partial charge >= 0.3 is 5.97 Å². The van der Waals surface area contributed by atoms with Crippen molar-refractivity contribution in [3.8, 4) is 6.07 Å². The van der Waals surface area contributed by atoms with Crippen molar-refractivity contribution < 1.29 is 14.3 Å². The Hall–Kier alpha value is -2.17. The Morgan fingerprint density at radius 1 is 1.59 bits per heavy atom. The van der Waals surface area contributed by atoms with E-state index in [4.69, 9.17) is 21.1 Å². The van der Waals surface area contributed by atoms with Crippen molar-refractivity contribution in [2.75, 3.05) is 6.61 Å². The number of aromatic nitrogens is 3. The van der Waals surface area contributed by atoms with Gasteiger partial charge in [0, 0.05) is 13.1 Å². The fourth-order valence-electron chi connectivity index (χ4n) is 2.58. The van der Waals surface area contributed by atoms with Gasteiger partial charge in [-0.15, -0.1) is 0 Å². The lowest BCUT2D eigenvalue weighted by molar-refractivity contribution is -0.145. The fraction of sp³-hybridized carbons (Fsp3) is 0.429. The van der Waals surface area contributed by atoms with Crippen LogP contribution >= 0.6 is 11.6 Å². The van der Waals surface area contributed by atoms with E-state index in [0.29, 0.717) is 16.6 Å². The van der Waals surface area contributed by atoms with Crippen molar-refractivity contribution in [1.29, 1.82) is 5.26 Å². The van der Waals surface area contributed by atoms with Crippen LogP contribution in [-0.2, 0) is 14.3 Å². The standard InChI is InChI=1S/C14H13ClN4O3/c1-8(20)21-6-10-2-3-11(22-10)19-5-9(4-16)12-13(15)17-7-18-14(12)19/h5,7,10-11H,2-3,6H2,1H3/t10-,11+/m0/s1. The van der Waals surface area contributed by atoms with Crippen LogP contribution in [0.15, 0.2) is 12.5 Å². The normalized spacial score (nSPS) is 21.0. The third-order valence-electron chi connectivity index (χ3n) is 3.55. The van der Waals surface area contributed by atoms with Crippen LogP contribution in [0.5, 0.6) is 0 Å². The molecule has 0 unspecified atom stereocenters. The van der Waals surface area contributed by atoms with E-state index < -0.39 is 0 Å². The van der Waals surface area contributed by atoms with Crippen LogP contribution in [0, 0.1) is 11.3 Å². The first kappa shape index (κ1) is 14.8. The highest BCUT2D eigenvalue weighted by molar-refractivity contribution is 6.34. The summed E-state index contributed by atoms with van der Waals surface area (Å²) in [4.78, 5) is 19.0. The second-order valence-electron chi connectivity index (χ2n) is 5.02. The van der Waals surface area contributed by atoms with E-state index in [1.54, 1.807) is 10.8 Å². The van der Waals surface area contributed by atoms with Crippen LogP contribution < -0.4 is 0 Å². The van der Waals surface area contributed by atoms with E-state index in [1.165, 1.54) is 13.3 Å². The topological polar surface area (TPSA) is 90.0 Å². The second kappa shape index (κ2) is 5.91. The molecule has 8 heteroatoms. The summed E-state index contributed by atoms with van der Waals surface area (Å²) < 4.78 is 12.6. The molecule has 1 fully saturated rings. The summed E-state index contributed by atoms with van der Waals surface area (Å²) in [5.41, 5.74) is 0.974. The van der Waals surface area contributed by atoms with Gasteiger partial charge in [0.1, 0.15) is 36.0 Å². The minimum absolute atomic E-state index is 0.158. The van der Waals surface area contributed by atoms with Gasteiger partial charge in [-0.3, -0.25) is 4.79 Å². The molecular weight excluding hydrogens is 308 g/mol. The molecule has 114 valence electrons. The number of hydrogen-bond acceptors (Lipinski definition) is 6. The Balaban J connectivity index is 1.87. The average molecular weight is 321 g/mol. The number of esters is 1. The fourth-order valence-corrected chi connectivity index (χ4v) is 2.81. The van der Waals surface area contributed by atoms with Crippen LogP contribution in [0.4, 0.5) is 0 Å². The third kappa shape index (κ3) is 2.63. The predicted molar refractivity (Wildman–Crippen MR) is 77.0 cm³/mol. The van der Waals surface area contributed by atoms with Crippen molar-refractivity contribution in [3.05, 3.63) is 23.2 Å². The van der Waals surface area contributed by atoms with Crippen LogP contribution in [0.25, 0.3) is 11.0 Å². The molecule has 22 heavy (non-hydrogen) atoms. The number of carbonyl (C=O) groups is 1. The minimum Gasteiger partial charge on any atom is -0.463 e. The molecule has 0 aliphatic carbocycles. The largest absolute Gasteiger partial charge is 0.463 e. The molecule has 0 aromatic carbocycles. The quantitative estimate of drug-likeness (QED) is 0.636. The van der Waals surface area contributed by atoms with Gasteiger partial charge in [-0.05, 0) is 12.8 Å². The lowest BCUT2D eigenvalue weighted by Gasteiger charge is -2.15. The van der Waals surface area contributed by atoms with Crippen molar-refractivity contribution in [1.82, 2.24) is 14.5 Å². The molecule has 1 aliphatic rings. The van der Waals surface area contributed by atoms with Gasteiger partial charge in [-0.1, -0.05) is 11.6 Å². The van der Waals surface area contributed by atoms with Gasteiger partial charge in [-0.25, -0.2) is 9.97 Å². The lowest BCUT2D eigenvalue weighted by atomic mass is 10.2. The van der Waals surface area contributed by atoms with Gasteiger partial charge in [0.15, 0.2) is 0 Å². The maximum Gasteiger partial charge on any atom is 0.302 e. The van der Waals surface area contributed by atoms with Crippen LogP contribution in [-0.4, -0.2) is 33.2 Å². The van der Waals surface area contributed by atoms with Gasteiger partial charge in [0.05, 0.1) is 17.1 Å². The van der Waals surface area contributed by atoms with Crippen LogP contribution in [0.2, 0.25) is 5.15 Å². The van der Waals surface area contributed by atoms with E-state index in [2.05, 4.69) is 16.0 Å². The number of ether oxygens (including phenoxy) is 2. The molecule has 2 atom stereocenters. The second-order valence-corrected chi connectivity index (χ2v) is 5.38. The Morgan fingerprint density at radius 3 is 3.14 bits per heavy atom. The third-order valence-corrected chi connectivity index (χ3v) is 3.84. The zero-order valence-corrected chi connectivity index (χ0v) is 12.6. The molecule has 0 amide bonds. The summed E-state index contributed by atoms with van der Waals surface area (Å²) >= 11 is 6.06. The Bertz CT molecular complexity index is 767. The molecule has 0 N–H and O–H groups in total. The number of hydrogen-bond donors (Lipinski definition) is 0. The molecule has 0 saturated carbocycles. The number of fused-ring (bicyclic) bond motifs is 1. The van der Waals surface area contributed by atoms with Crippen molar-refractivity contribution in [2.45, 2.75) is 32.1 Å². The predicted octanol–water partition coefficient (Wildman–Crippen LogP) is 2.20. The van der Waals surface area contributed by atoms with Gasteiger partial charge < -0.3 is 14.0 Å². The van der Waals surface area contributed by atoms with Gasteiger partial charge in [-0.2, -0.15) is 5.26 Å². The molecule has 1 aliphatic heterocycles. The lowest BCUT2D eigenvalue weighted by Crippen LogP contribution is -2.18. The Kier molecular flexibility index (Phi) is 3.96. The first-order valence-electron chi connectivity index (χ1n) is 6.80. The van der Waals surface area contributed by atoms with E-state index in [1.807, 2.05) is 0 Å². The highest BCUT2D eigenvalue weighted by atomic mass is 35.5. The van der Waals surface area contributed by atoms with E-state index in [-0.39, 0.29) is 30.1 Å². The van der Waals surface area contributed by atoms with Crippen LogP contribution in [0.1, 0.15) is 31.6 Å². The summed E-state index contributed by atoms with van der Waals surface area (Å²) in [6.07, 6.45) is 4.10. The first-order valence-corrected chi connectivity index (χ1v) is 7.18.